The normalized spacial score (nSPS) is 10.8. The topological polar surface area (TPSA) is 78.9 Å². The van der Waals surface area contributed by atoms with Crippen molar-refractivity contribution in [3.05, 3.63) is 60.3 Å². The van der Waals surface area contributed by atoms with Crippen LogP contribution in [0.3, 0.4) is 0 Å². The molecule has 7 heteroatoms. The molecule has 0 radical (unpaired) electrons. The molecule has 124 valence electrons. The van der Waals surface area contributed by atoms with Crippen molar-refractivity contribution in [3.63, 3.8) is 0 Å². The molecule has 7 nitrogen and oxygen atoms in total. The van der Waals surface area contributed by atoms with E-state index in [0.717, 1.165) is 11.3 Å². The second kappa shape index (κ2) is 6.20. The lowest BCUT2D eigenvalue weighted by atomic mass is 10.2. The van der Waals surface area contributed by atoms with Crippen molar-refractivity contribution in [2.75, 3.05) is 7.11 Å². The first-order valence-electron chi connectivity index (χ1n) is 7.71. The van der Waals surface area contributed by atoms with Crippen molar-refractivity contribution in [2.45, 2.75) is 6.92 Å². The summed E-state index contributed by atoms with van der Waals surface area (Å²) in [6.07, 6.45) is 1.77. The molecular weight excluding hydrogens is 318 g/mol. The molecule has 0 saturated heterocycles. The zero-order chi connectivity index (χ0) is 17.2. The van der Waals surface area contributed by atoms with E-state index in [0.29, 0.717) is 23.2 Å². The number of ether oxygens (including phenoxy) is 1. The minimum atomic E-state index is 0.373. The molecule has 0 N–H and O–H groups in total. The average Bonchev–Trinajstić information content (AvgIpc) is 3.32. The average molecular weight is 333 g/mol. The molecule has 0 aliphatic carbocycles. The number of hydrogen-bond acceptors (Lipinski definition) is 6. The van der Waals surface area contributed by atoms with Gasteiger partial charge in [-0.3, -0.25) is 0 Å². The number of rotatable bonds is 4. The van der Waals surface area contributed by atoms with Gasteiger partial charge in [-0.1, -0.05) is 40.2 Å². The van der Waals surface area contributed by atoms with E-state index in [9.17, 15) is 0 Å². The highest BCUT2D eigenvalue weighted by atomic mass is 16.5. The number of nitrogens with zero attached hydrogens (tertiary/aromatic N) is 5. The summed E-state index contributed by atoms with van der Waals surface area (Å²) in [6.45, 7) is 2.04. The smallest absolute Gasteiger partial charge is 0.262 e. The Kier molecular flexibility index (Phi) is 3.74. The molecule has 4 rings (SSSR count). The minimum absolute atomic E-state index is 0.373. The standard InChI is InChI=1S/C18H15N5O2/c1-12-7-9-13(10-8-12)23-11-15(20-22-23)17-19-18(25-21-17)14-5-3-4-6-16(14)24-2/h3-11H,1-2H3. The van der Waals surface area contributed by atoms with E-state index in [4.69, 9.17) is 9.26 Å². The number of hydrogen-bond donors (Lipinski definition) is 0. The van der Waals surface area contributed by atoms with E-state index in [-0.39, 0.29) is 0 Å². The van der Waals surface area contributed by atoms with Gasteiger partial charge < -0.3 is 9.26 Å². The number of aromatic nitrogens is 5. The van der Waals surface area contributed by atoms with Crippen LogP contribution in [0.2, 0.25) is 0 Å². The van der Waals surface area contributed by atoms with Gasteiger partial charge in [-0.25, -0.2) is 4.68 Å². The highest BCUT2D eigenvalue weighted by Gasteiger charge is 2.16. The van der Waals surface area contributed by atoms with Crippen LogP contribution in [0.25, 0.3) is 28.7 Å². The van der Waals surface area contributed by atoms with Crippen LogP contribution in [0.4, 0.5) is 0 Å². The molecule has 0 saturated carbocycles. The molecule has 0 atom stereocenters. The predicted molar refractivity (Wildman–Crippen MR) is 91.4 cm³/mol. The van der Waals surface area contributed by atoms with Crippen LogP contribution in [-0.4, -0.2) is 32.2 Å². The summed E-state index contributed by atoms with van der Waals surface area (Å²) in [5, 5.41) is 12.3. The van der Waals surface area contributed by atoms with E-state index in [1.165, 1.54) is 5.56 Å². The van der Waals surface area contributed by atoms with Crippen LogP contribution in [0.15, 0.2) is 59.3 Å². The third kappa shape index (κ3) is 2.87. The van der Waals surface area contributed by atoms with E-state index in [2.05, 4.69) is 20.5 Å². The fourth-order valence-corrected chi connectivity index (χ4v) is 2.45. The van der Waals surface area contributed by atoms with Gasteiger partial charge in [-0.15, -0.1) is 5.10 Å². The quantitative estimate of drug-likeness (QED) is 0.570. The zero-order valence-electron chi connectivity index (χ0n) is 13.7. The van der Waals surface area contributed by atoms with Gasteiger partial charge in [0.1, 0.15) is 5.75 Å². The van der Waals surface area contributed by atoms with E-state index in [1.54, 1.807) is 18.0 Å². The molecule has 2 heterocycles. The fraction of sp³-hybridized carbons (Fsp3) is 0.111. The Morgan fingerprint density at radius 2 is 1.84 bits per heavy atom. The Morgan fingerprint density at radius 1 is 1.04 bits per heavy atom. The van der Waals surface area contributed by atoms with Crippen molar-refractivity contribution in [1.82, 2.24) is 25.1 Å². The first kappa shape index (κ1) is 15.1. The molecule has 2 aromatic carbocycles. The van der Waals surface area contributed by atoms with E-state index < -0.39 is 0 Å². The largest absolute Gasteiger partial charge is 0.496 e. The SMILES string of the molecule is COc1ccccc1-c1nc(-c2cn(-c3ccc(C)cc3)nn2)no1. The van der Waals surface area contributed by atoms with Gasteiger partial charge in [0.2, 0.25) is 5.82 Å². The molecule has 0 bridgehead atoms. The maximum absolute atomic E-state index is 5.36. The predicted octanol–water partition coefficient (Wildman–Crippen LogP) is 3.30. The Balaban J connectivity index is 1.66. The third-order valence-corrected chi connectivity index (χ3v) is 3.78. The molecule has 0 fully saturated rings. The molecular formula is C18H15N5O2. The summed E-state index contributed by atoms with van der Waals surface area (Å²) in [4.78, 5) is 4.41. The van der Waals surface area contributed by atoms with Crippen LogP contribution in [0.1, 0.15) is 5.56 Å². The molecule has 0 aliphatic rings. The van der Waals surface area contributed by atoms with Crippen molar-refractivity contribution in [3.8, 4) is 34.4 Å². The Morgan fingerprint density at radius 3 is 2.64 bits per heavy atom. The fourth-order valence-electron chi connectivity index (χ4n) is 2.45. The molecule has 25 heavy (non-hydrogen) atoms. The highest BCUT2D eigenvalue weighted by Crippen LogP contribution is 2.29. The van der Waals surface area contributed by atoms with Gasteiger partial charge in [-0.2, -0.15) is 4.98 Å². The lowest BCUT2D eigenvalue weighted by molar-refractivity contribution is 0.405. The summed E-state index contributed by atoms with van der Waals surface area (Å²) in [7, 11) is 1.60. The van der Waals surface area contributed by atoms with Gasteiger partial charge in [0.05, 0.1) is 24.6 Å². The lowest BCUT2D eigenvalue weighted by Gasteiger charge is -2.02. The Bertz CT molecular complexity index is 1000. The Labute approximate surface area is 143 Å². The summed E-state index contributed by atoms with van der Waals surface area (Å²) >= 11 is 0. The molecule has 0 aliphatic heterocycles. The number of benzene rings is 2. The lowest BCUT2D eigenvalue weighted by Crippen LogP contribution is -1.94. The molecule has 0 spiro atoms. The summed E-state index contributed by atoms with van der Waals surface area (Å²) in [6, 6.07) is 15.5. The number of methoxy groups -OCH3 is 1. The van der Waals surface area contributed by atoms with Crippen LogP contribution in [0, 0.1) is 6.92 Å². The number of para-hydroxylation sites is 1. The van der Waals surface area contributed by atoms with Crippen LogP contribution >= 0.6 is 0 Å². The maximum atomic E-state index is 5.36. The summed E-state index contributed by atoms with van der Waals surface area (Å²) in [5.74, 6) is 1.41. The van der Waals surface area contributed by atoms with Crippen LogP contribution in [-0.2, 0) is 0 Å². The van der Waals surface area contributed by atoms with Crippen molar-refractivity contribution < 1.29 is 9.26 Å². The minimum Gasteiger partial charge on any atom is -0.496 e. The Hall–Kier alpha value is -3.48. The van der Waals surface area contributed by atoms with Crippen molar-refractivity contribution >= 4 is 0 Å². The van der Waals surface area contributed by atoms with E-state index >= 15 is 0 Å². The molecule has 0 unspecified atom stereocenters. The summed E-state index contributed by atoms with van der Waals surface area (Å²) in [5.41, 5.74) is 3.36. The van der Waals surface area contributed by atoms with Gasteiger partial charge in [0.25, 0.3) is 5.89 Å². The monoisotopic (exact) mass is 333 g/mol. The van der Waals surface area contributed by atoms with Gasteiger partial charge in [0, 0.05) is 0 Å². The number of aryl methyl sites for hydroxylation is 1. The van der Waals surface area contributed by atoms with Crippen molar-refractivity contribution in [2.24, 2.45) is 0 Å². The van der Waals surface area contributed by atoms with Gasteiger partial charge >= 0.3 is 0 Å². The highest BCUT2D eigenvalue weighted by molar-refractivity contribution is 5.64. The second-order valence-corrected chi connectivity index (χ2v) is 5.51. The van der Waals surface area contributed by atoms with E-state index in [1.807, 2.05) is 55.5 Å². The third-order valence-electron chi connectivity index (χ3n) is 3.78. The molecule has 2 aromatic heterocycles. The first-order chi connectivity index (χ1) is 12.2. The van der Waals surface area contributed by atoms with Crippen LogP contribution < -0.4 is 4.74 Å². The van der Waals surface area contributed by atoms with Crippen molar-refractivity contribution in [1.29, 1.82) is 0 Å². The van der Waals surface area contributed by atoms with Crippen LogP contribution in [0.5, 0.6) is 5.75 Å². The molecule has 4 aromatic rings. The van der Waals surface area contributed by atoms with Gasteiger partial charge in [-0.05, 0) is 31.2 Å². The maximum Gasteiger partial charge on any atom is 0.262 e. The summed E-state index contributed by atoms with van der Waals surface area (Å²) < 4.78 is 12.4. The zero-order valence-corrected chi connectivity index (χ0v) is 13.7. The molecule has 0 amide bonds. The van der Waals surface area contributed by atoms with Gasteiger partial charge in [0.15, 0.2) is 5.69 Å². The second-order valence-electron chi connectivity index (χ2n) is 5.51. The first-order valence-corrected chi connectivity index (χ1v) is 7.71.